The summed E-state index contributed by atoms with van der Waals surface area (Å²) in [5.41, 5.74) is 5.82. The van der Waals surface area contributed by atoms with Crippen LogP contribution in [0.1, 0.15) is 24.2 Å². The van der Waals surface area contributed by atoms with Crippen LogP contribution in [0.15, 0.2) is 79.1 Å². The Labute approximate surface area is 208 Å². The molecule has 180 valence electrons. The third-order valence-electron chi connectivity index (χ3n) is 6.12. The molecule has 5 rings (SSSR count). The zero-order valence-electron chi connectivity index (χ0n) is 20.1. The molecule has 0 saturated heterocycles. The number of nitrogens with one attached hydrogen (secondary N) is 1. The molecule has 2 aromatic carbocycles. The molecule has 0 aliphatic carbocycles. The number of aromatic nitrogens is 4. The first-order valence-corrected chi connectivity index (χ1v) is 11.7. The Morgan fingerprint density at radius 1 is 1.00 bits per heavy atom. The summed E-state index contributed by atoms with van der Waals surface area (Å²) < 4.78 is 8.56. The summed E-state index contributed by atoms with van der Waals surface area (Å²) in [7, 11) is 1.31. The standard InChI is InChI=1S/C28H25N5O3/c1-19-31-33(23-10-8-20(9-11-23)17-30-26(34)12-13-27(35)36-2)28-24-16-22(21-6-4-3-5-7-21)18-29-25(24)14-15-32(19)28/h3-11,14-16,18H,12-13,17H2,1-2H3/p+1. The van der Waals surface area contributed by atoms with Gasteiger partial charge in [0.05, 0.1) is 30.6 Å². The molecule has 0 spiro atoms. The summed E-state index contributed by atoms with van der Waals surface area (Å²) in [6.07, 6.45) is 4.06. The van der Waals surface area contributed by atoms with Crippen LogP contribution in [0, 0.1) is 6.92 Å². The third kappa shape index (κ3) is 4.65. The summed E-state index contributed by atoms with van der Waals surface area (Å²) in [6.45, 7) is 2.35. The van der Waals surface area contributed by atoms with Gasteiger partial charge in [-0.3, -0.25) is 14.6 Å². The largest absolute Gasteiger partial charge is 0.469 e. The molecule has 0 saturated carbocycles. The Kier molecular flexibility index (Phi) is 6.40. The first-order valence-electron chi connectivity index (χ1n) is 11.7. The molecule has 36 heavy (non-hydrogen) atoms. The van der Waals surface area contributed by atoms with E-state index >= 15 is 0 Å². The van der Waals surface area contributed by atoms with E-state index in [1.54, 1.807) is 0 Å². The van der Waals surface area contributed by atoms with Crippen molar-refractivity contribution in [2.45, 2.75) is 26.3 Å². The summed E-state index contributed by atoms with van der Waals surface area (Å²) in [4.78, 5) is 27.9. The third-order valence-corrected chi connectivity index (χ3v) is 6.12. The molecule has 5 aromatic rings. The minimum atomic E-state index is -0.396. The van der Waals surface area contributed by atoms with Crippen LogP contribution in [0.4, 0.5) is 0 Å². The maximum atomic E-state index is 12.0. The number of carbonyl (C=O) groups is 2. The van der Waals surface area contributed by atoms with Gasteiger partial charge in [0.2, 0.25) is 5.91 Å². The Hall–Kier alpha value is -4.59. The quantitative estimate of drug-likeness (QED) is 0.283. The monoisotopic (exact) mass is 480 g/mol. The SMILES string of the molecule is COC(=O)CCC(=O)NCc1ccc(-n2nc(C)[n+]3ccc4ncc(-c5ccccc5)cc4c23)cc1. The Balaban J connectivity index is 1.45. The van der Waals surface area contributed by atoms with Gasteiger partial charge in [-0.25, -0.2) is 4.40 Å². The fourth-order valence-corrected chi connectivity index (χ4v) is 4.18. The average molecular weight is 481 g/mol. The number of benzene rings is 2. The van der Waals surface area contributed by atoms with Crippen LogP contribution in [-0.2, 0) is 20.9 Å². The highest BCUT2D eigenvalue weighted by atomic mass is 16.5. The number of amides is 1. The normalized spacial score (nSPS) is 11.1. The minimum absolute atomic E-state index is 0.0689. The first-order chi connectivity index (χ1) is 17.5. The molecule has 8 heteroatoms. The highest BCUT2D eigenvalue weighted by Crippen LogP contribution is 2.25. The van der Waals surface area contributed by atoms with Crippen molar-refractivity contribution in [1.29, 1.82) is 0 Å². The number of pyridine rings is 2. The lowest BCUT2D eigenvalue weighted by molar-refractivity contribution is -0.519. The predicted molar refractivity (Wildman–Crippen MR) is 135 cm³/mol. The number of fused-ring (bicyclic) bond motifs is 3. The Morgan fingerprint density at radius 2 is 1.78 bits per heavy atom. The van der Waals surface area contributed by atoms with Gasteiger partial charge in [0.1, 0.15) is 5.69 Å². The molecule has 0 aliphatic rings. The minimum Gasteiger partial charge on any atom is -0.469 e. The topological polar surface area (TPSA) is 90.2 Å². The number of ether oxygens (including phenoxy) is 1. The smallest absolute Gasteiger partial charge is 0.306 e. The van der Waals surface area contributed by atoms with Crippen LogP contribution in [0.25, 0.3) is 33.4 Å². The number of carbonyl (C=O) groups excluding carboxylic acids is 2. The lowest BCUT2D eigenvalue weighted by atomic mass is 10.1. The van der Waals surface area contributed by atoms with E-state index in [2.05, 4.69) is 32.7 Å². The zero-order chi connectivity index (χ0) is 25.1. The second-order valence-corrected chi connectivity index (χ2v) is 8.51. The number of esters is 1. The molecule has 0 aliphatic heterocycles. The maximum absolute atomic E-state index is 12.0. The zero-order valence-corrected chi connectivity index (χ0v) is 20.1. The van der Waals surface area contributed by atoms with Crippen LogP contribution >= 0.6 is 0 Å². The van der Waals surface area contributed by atoms with Crippen LogP contribution < -0.4 is 9.72 Å². The van der Waals surface area contributed by atoms with Gasteiger partial charge in [0.25, 0.3) is 11.5 Å². The van der Waals surface area contributed by atoms with Crippen molar-refractivity contribution in [3.05, 3.63) is 90.5 Å². The van der Waals surface area contributed by atoms with Gasteiger partial charge in [0, 0.05) is 36.7 Å². The Bertz CT molecular complexity index is 1560. The van der Waals surface area contributed by atoms with Crippen molar-refractivity contribution >= 4 is 28.4 Å². The van der Waals surface area contributed by atoms with Crippen molar-refractivity contribution in [3.63, 3.8) is 0 Å². The van der Waals surface area contributed by atoms with Gasteiger partial charge < -0.3 is 10.1 Å². The fraction of sp³-hybridized carbons (Fsp3) is 0.179. The van der Waals surface area contributed by atoms with E-state index in [-0.39, 0.29) is 18.7 Å². The number of hydrogen-bond donors (Lipinski definition) is 1. The molecular formula is C28H26N5O3+. The van der Waals surface area contributed by atoms with E-state index in [9.17, 15) is 9.59 Å². The molecule has 3 heterocycles. The van der Waals surface area contributed by atoms with E-state index < -0.39 is 5.97 Å². The van der Waals surface area contributed by atoms with Gasteiger partial charge in [0.15, 0.2) is 0 Å². The molecule has 0 bridgehead atoms. The highest BCUT2D eigenvalue weighted by molar-refractivity contribution is 5.92. The van der Waals surface area contributed by atoms with Crippen molar-refractivity contribution in [2.24, 2.45) is 0 Å². The average Bonchev–Trinajstić information content (AvgIpc) is 3.27. The second kappa shape index (κ2) is 9.95. The molecule has 0 atom stereocenters. The predicted octanol–water partition coefficient (Wildman–Crippen LogP) is 3.70. The Morgan fingerprint density at radius 3 is 2.53 bits per heavy atom. The van der Waals surface area contributed by atoms with Gasteiger partial charge in [-0.15, -0.1) is 0 Å². The molecule has 0 unspecified atom stereocenters. The van der Waals surface area contributed by atoms with Gasteiger partial charge in [-0.1, -0.05) is 47.1 Å². The van der Waals surface area contributed by atoms with E-state index in [1.807, 2.05) is 72.5 Å². The molecule has 3 aromatic heterocycles. The van der Waals surface area contributed by atoms with Gasteiger partial charge in [-0.2, -0.15) is 0 Å². The lowest BCUT2D eigenvalue weighted by Crippen LogP contribution is -2.23. The summed E-state index contributed by atoms with van der Waals surface area (Å²) in [6, 6.07) is 22.2. The van der Waals surface area contributed by atoms with E-state index in [4.69, 9.17) is 10.1 Å². The summed E-state index contributed by atoms with van der Waals surface area (Å²) in [5, 5.41) is 8.64. The summed E-state index contributed by atoms with van der Waals surface area (Å²) in [5.74, 6) is 0.273. The maximum Gasteiger partial charge on any atom is 0.306 e. The number of methoxy groups -OCH3 is 1. The molecule has 8 nitrogen and oxygen atoms in total. The number of rotatable bonds is 7. The van der Waals surface area contributed by atoms with Crippen LogP contribution in [-0.4, -0.2) is 33.8 Å². The van der Waals surface area contributed by atoms with E-state index in [1.165, 1.54) is 7.11 Å². The van der Waals surface area contributed by atoms with Crippen molar-refractivity contribution < 1.29 is 18.7 Å². The first kappa shape index (κ1) is 23.2. The highest BCUT2D eigenvalue weighted by Gasteiger charge is 2.22. The molecule has 1 amide bonds. The molecular weight excluding hydrogens is 454 g/mol. The number of hydrogen-bond acceptors (Lipinski definition) is 5. The van der Waals surface area contributed by atoms with Crippen molar-refractivity contribution in [2.75, 3.05) is 7.11 Å². The van der Waals surface area contributed by atoms with Crippen LogP contribution in [0.2, 0.25) is 0 Å². The van der Waals surface area contributed by atoms with E-state index in [0.29, 0.717) is 6.54 Å². The number of nitrogens with zero attached hydrogens (tertiary/aromatic N) is 4. The van der Waals surface area contributed by atoms with Crippen molar-refractivity contribution in [3.8, 4) is 16.8 Å². The van der Waals surface area contributed by atoms with Crippen LogP contribution in [0.5, 0.6) is 0 Å². The number of aryl methyl sites for hydroxylation is 1. The second-order valence-electron chi connectivity index (χ2n) is 8.51. The molecule has 0 radical (unpaired) electrons. The van der Waals surface area contributed by atoms with Gasteiger partial charge >= 0.3 is 5.97 Å². The van der Waals surface area contributed by atoms with Crippen LogP contribution in [0.3, 0.4) is 0 Å². The van der Waals surface area contributed by atoms with E-state index in [0.717, 1.165) is 44.8 Å². The summed E-state index contributed by atoms with van der Waals surface area (Å²) >= 11 is 0. The van der Waals surface area contributed by atoms with Crippen molar-refractivity contribution in [1.82, 2.24) is 20.1 Å². The lowest BCUT2D eigenvalue weighted by Gasteiger charge is -2.06. The molecule has 1 N–H and O–H groups in total. The molecule has 0 fully saturated rings. The van der Waals surface area contributed by atoms with Gasteiger partial charge in [-0.05, 0) is 35.4 Å². The fourth-order valence-electron chi connectivity index (χ4n) is 4.18.